The Morgan fingerprint density at radius 3 is 2.67 bits per heavy atom. The zero-order valence-corrected chi connectivity index (χ0v) is 18.6. The molecule has 158 valence electrons. The molecule has 3 heterocycles. The smallest absolute Gasteiger partial charge is 0.144 e. The van der Waals surface area contributed by atoms with Crippen molar-refractivity contribution in [2.24, 2.45) is 5.92 Å². The van der Waals surface area contributed by atoms with Crippen LogP contribution in [0.2, 0.25) is 0 Å². The lowest BCUT2D eigenvalue weighted by molar-refractivity contribution is 0.189. The topological polar surface area (TPSA) is 92.0 Å². The van der Waals surface area contributed by atoms with Crippen molar-refractivity contribution in [2.45, 2.75) is 25.2 Å². The van der Waals surface area contributed by atoms with Crippen molar-refractivity contribution in [1.82, 2.24) is 19.8 Å². The first kappa shape index (κ1) is 20.8. The Balaban J connectivity index is 1.41. The molecule has 3 N–H and O–H groups in total. The summed E-state index contributed by atoms with van der Waals surface area (Å²) in [5.74, 6) is 1.20. The van der Waals surface area contributed by atoms with E-state index >= 15 is 0 Å². The third-order valence-electron chi connectivity index (χ3n) is 5.98. The van der Waals surface area contributed by atoms with Crippen LogP contribution >= 0.6 is 11.8 Å². The van der Waals surface area contributed by atoms with E-state index in [1.807, 2.05) is 6.92 Å². The molecule has 0 aromatic carbocycles. The summed E-state index contributed by atoms with van der Waals surface area (Å²) >= 11 is 1.38. The first-order chi connectivity index (χ1) is 14.4. The minimum Gasteiger partial charge on any atom is -0.369 e. The fourth-order valence-corrected chi connectivity index (χ4v) is 4.93. The summed E-state index contributed by atoms with van der Waals surface area (Å²) in [6.45, 7) is 8.85. The van der Waals surface area contributed by atoms with E-state index in [9.17, 15) is 0 Å². The number of piperazine rings is 1. The average molecular weight is 424 g/mol. The molecule has 1 fully saturated rings. The molecule has 1 aliphatic carbocycles. The van der Waals surface area contributed by atoms with Crippen LogP contribution in [-0.2, 0) is 0 Å². The summed E-state index contributed by atoms with van der Waals surface area (Å²) in [7, 11) is 2.18. The molecule has 0 saturated carbocycles. The van der Waals surface area contributed by atoms with E-state index in [-0.39, 0.29) is 0 Å². The fraction of sp³-hybridized carbons (Fsp3) is 0.455. The maximum absolute atomic E-state index is 8.36. The van der Waals surface area contributed by atoms with Crippen molar-refractivity contribution >= 4 is 33.9 Å². The lowest BCUT2D eigenvalue weighted by Gasteiger charge is -2.35. The molecule has 1 saturated heterocycles. The summed E-state index contributed by atoms with van der Waals surface area (Å²) < 4.78 is 0. The highest BCUT2D eigenvalue weighted by Gasteiger charge is 2.30. The van der Waals surface area contributed by atoms with Gasteiger partial charge in [0, 0.05) is 49.7 Å². The molecule has 0 amide bonds. The summed E-state index contributed by atoms with van der Waals surface area (Å²) in [6, 6.07) is 0. The molecule has 3 aliphatic rings. The van der Waals surface area contributed by atoms with E-state index in [2.05, 4.69) is 50.4 Å². The second-order valence-corrected chi connectivity index (χ2v) is 9.13. The van der Waals surface area contributed by atoms with Gasteiger partial charge in [0.1, 0.15) is 17.2 Å². The standard InChI is InChI=1S/C22H29N7S/c1-14(15(2)23)18-19-20(30-21(18)24)22(27-13-26-19)25-12-16-4-6-17(7-5-16)29-10-8-28(3)9-11-29/h4,6-7,13,16,23-24H,5,8-12H2,1-3H3,(H,25,26,27)/b18-14-,23-15?,24-21?. The molecular formula is C22H29N7S. The van der Waals surface area contributed by atoms with Gasteiger partial charge < -0.3 is 20.5 Å². The number of hydrogen-bond acceptors (Lipinski definition) is 8. The number of nitrogens with one attached hydrogen (secondary N) is 3. The maximum Gasteiger partial charge on any atom is 0.144 e. The van der Waals surface area contributed by atoms with Crippen molar-refractivity contribution in [3.05, 3.63) is 41.5 Å². The maximum atomic E-state index is 8.36. The van der Waals surface area contributed by atoms with Crippen molar-refractivity contribution < 1.29 is 0 Å². The van der Waals surface area contributed by atoms with Crippen molar-refractivity contribution in [2.75, 3.05) is 45.1 Å². The van der Waals surface area contributed by atoms with Gasteiger partial charge in [-0.25, -0.2) is 9.97 Å². The molecule has 1 aromatic rings. The van der Waals surface area contributed by atoms with E-state index in [0.717, 1.165) is 66.7 Å². The molecule has 0 bridgehead atoms. The Kier molecular flexibility index (Phi) is 6.06. The number of aromatic nitrogens is 2. The zero-order chi connectivity index (χ0) is 21.3. The van der Waals surface area contributed by atoms with Gasteiger partial charge in [0.15, 0.2) is 0 Å². The van der Waals surface area contributed by atoms with Crippen LogP contribution in [0.4, 0.5) is 5.82 Å². The molecule has 1 aromatic heterocycles. The van der Waals surface area contributed by atoms with Crippen LogP contribution in [0.25, 0.3) is 5.57 Å². The predicted octanol–water partition coefficient (Wildman–Crippen LogP) is 3.49. The first-order valence-electron chi connectivity index (χ1n) is 10.4. The fourth-order valence-electron chi connectivity index (χ4n) is 3.90. The van der Waals surface area contributed by atoms with Gasteiger partial charge in [0.05, 0.1) is 10.6 Å². The van der Waals surface area contributed by atoms with E-state index in [1.165, 1.54) is 17.5 Å². The highest BCUT2D eigenvalue weighted by molar-refractivity contribution is 8.15. The molecule has 8 heteroatoms. The molecule has 7 nitrogen and oxygen atoms in total. The molecule has 1 unspecified atom stereocenters. The minimum atomic E-state index is 0.415. The van der Waals surface area contributed by atoms with Gasteiger partial charge >= 0.3 is 0 Å². The van der Waals surface area contributed by atoms with Gasteiger partial charge in [-0.1, -0.05) is 23.9 Å². The van der Waals surface area contributed by atoms with Crippen molar-refractivity contribution in [3.8, 4) is 0 Å². The van der Waals surface area contributed by atoms with Crippen LogP contribution in [0.3, 0.4) is 0 Å². The molecule has 2 aliphatic heterocycles. The van der Waals surface area contributed by atoms with Crippen molar-refractivity contribution in [3.63, 3.8) is 0 Å². The number of likely N-dealkylation sites (N-methyl/N-ethyl adjacent to an activating group) is 1. The Bertz CT molecular complexity index is 954. The second-order valence-electron chi connectivity index (χ2n) is 8.11. The quantitative estimate of drug-likeness (QED) is 0.628. The van der Waals surface area contributed by atoms with E-state index in [4.69, 9.17) is 10.8 Å². The van der Waals surface area contributed by atoms with Gasteiger partial charge in [-0.2, -0.15) is 0 Å². The Morgan fingerprint density at radius 2 is 2.00 bits per heavy atom. The number of fused-ring (bicyclic) bond motifs is 1. The highest BCUT2D eigenvalue weighted by atomic mass is 32.2. The number of anilines is 1. The van der Waals surface area contributed by atoms with Gasteiger partial charge in [0.25, 0.3) is 0 Å². The minimum absolute atomic E-state index is 0.415. The summed E-state index contributed by atoms with van der Waals surface area (Å²) in [4.78, 5) is 14.6. The van der Waals surface area contributed by atoms with Crippen LogP contribution in [0, 0.1) is 16.7 Å². The van der Waals surface area contributed by atoms with Gasteiger partial charge in [-0.05, 0) is 44.9 Å². The molecule has 1 atom stereocenters. The number of rotatable bonds is 5. The van der Waals surface area contributed by atoms with Crippen LogP contribution in [0.15, 0.2) is 40.7 Å². The summed E-state index contributed by atoms with van der Waals surface area (Å²) in [6.07, 6.45) is 9.47. The SMILES string of the molecule is CC(=N)/C(C)=C1\C(=N)Sc2c(NCC3C=CC(N4CCN(C)CC4)=CC3)ncnc21. The second kappa shape index (κ2) is 8.73. The summed E-state index contributed by atoms with van der Waals surface area (Å²) in [5, 5.41) is 20.2. The largest absolute Gasteiger partial charge is 0.369 e. The monoisotopic (exact) mass is 423 g/mol. The number of allylic oxidation sites excluding steroid dienone is 3. The van der Waals surface area contributed by atoms with Crippen LogP contribution in [0.5, 0.6) is 0 Å². The third-order valence-corrected chi connectivity index (χ3v) is 6.98. The average Bonchev–Trinajstić information content (AvgIpc) is 3.09. The number of nitrogens with zero attached hydrogens (tertiary/aromatic N) is 4. The Morgan fingerprint density at radius 1 is 1.23 bits per heavy atom. The number of thioether (sulfide) groups is 1. The van der Waals surface area contributed by atoms with Gasteiger partial charge in [-0.3, -0.25) is 5.41 Å². The van der Waals surface area contributed by atoms with E-state index in [1.54, 1.807) is 13.3 Å². The molecule has 0 radical (unpaired) electrons. The Labute approximate surface area is 182 Å². The van der Waals surface area contributed by atoms with Gasteiger partial charge in [0.2, 0.25) is 0 Å². The number of hydrogen-bond donors (Lipinski definition) is 3. The molecule has 0 spiro atoms. The highest BCUT2D eigenvalue weighted by Crippen LogP contribution is 2.44. The molecular weight excluding hydrogens is 394 g/mol. The van der Waals surface area contributed by atoms with Crippen molar-refractivity contribution in [1.29, 1.82) is 10.8 Å². The molecule has 30 heavy (non-hydrogen) atoms. The zero-order valence-electron chi connectivity index (χ0n) is 17.8. The predicted molar refractivity (Wildman–Crippen MR) is 125 cm³/mol. The van der Waals surface area contributed by atoms with Gasteiger partial charge in [-0.15, -0.1) is 0 Å². The summed E-state index contributed by atoms with van der Waals surface area (Å²) in [5.41, 5.74) is 4.13. The first-order valence-corrected chi connectivity index (χ1v) is 11.2. The molecule has 4 rings (SSSR count). The normalized spacial score (nSPS) is 23.3. The lowest BCUT2D eigenvalue weighted by atomic mass is 9.98. The Hall–Kier alpha value is -2.45. The third kappa shape index (κ3) is 4.20. The van der Waals surface area contributed by atoms with Crippen LogP contribution < -0.4 is 5.32 Å². The van der Waals surface area contributed by atoms with Crippen LogP contribution in [-0.4, -0.2) is 70.3 Å². The van der Waals surface area contributed by atoms with E-state index in [0.29, 0.717) is 16.7 Å². The van der Waals surface area contributed by atoms with Crippen LogP contribution in [0.1, 0.15) is 26.0 Å². The van der Waals surface area contributed by atoms with E-state index < -0.39 is 0 Å². The lowest BCUT2D eigenvalue weighted by Crippen LogP contribution is -2.43.